The fourth-order valence-corrected chi connectivity index (χ4v) is 5.27. The van der Waals surface area contributed by atoms with E-state index in [4.69, 9.17) is 4.74 Å². The maximum atomic E-state index is 12.6. The second-order valence-corrected chi connectivity index (χ2v) is 10.1. The van der Waals surface area contributed by atoms with Gasteiger partial charge in [0.1, 0.15) is 9.96 Å². The van der Waals surface area contributed by atoms with Gasteiger partial charge in [-0.2, -0.15) is 0 Å². The van der Waals surface area contributed by atoms with E-state index in [-0.39, 0.29) is 10.1 Å². The molecule has 0 radical (unpaired) electrons. The number of thiophene rings is 1. The van der Waals surface area contributed by atoms with Gasteiger partial charge in [-0.15, -0.1) is 11.3 Å². The normalized spacial score (nSPS) is 12.3. The molecule has 3 aromatic rings. The molecule has 1 aromatic heterocycles. The average molecular weight is 445 g/mol. The van der Waals surface area contributed by atoms with Crippen LogP contribution < -0.4 is 14.4 Å². The fourth-order valence-electron chi connectivity index (χ4n) is 2.91. The number of anilines is 2. The first kappa shape index (κ1) is 21.9. The molecule has 0 aliphatic heterocycles. The van der Waals surface area contributed by atoms with Gasteiger partial charge < -0.3 is 10.1 Å². The number of carbonyl (C=O) groups excluding carboxylic acids is 1. The van der Waals surface area contributed by atoms with Crippen molar-refractivity contribution in [3.63, 3.8) is 0 Å². The van der Waals surface area contributed by atoms with E-state index in [9.17, 15) is 13.2 Å². The van der Waals surface area contributed by atoms with Crippen molar-refractivity contribution in [3.05, 3.63) is 71.1 Å². The summed E-state index contributed by atoms with van der Waals surface area (Å²) < 4.78 is 32.5. The number of rotatable bonds is 7. The predicted octanol–water partition coefficient (Wildman–Crippen LogP) is 4.60. The van der Waals surface area contributed by atoms with E-state index in [1.54, 1.807) is 48.7 Å². The fraction of sp³-hybridized carbons (Fsp3) is 0.227. The summed E-state index contributed by atoms with van der Waals surface area (Å²) in [6, 6.07) is 15.7. The Kier molecular flexibility index (Phi) is 6.48. The molecule has 158 valence electrons. The highest BCUT2D eigenvalue weighted by Crippen LogP contribution is 2.27. The highest BCUT2D eigenvalue weighted by atomic mass is 32.2. The molecule has 0 bridgehead atoms. The van der Waals surface area contributed by atoms with Crippen molar-refractivity contribution in [1.82, 2.24) is 0 Å². The minimum Gasteiger partial charge on any atom is -0.481 e. The molecule has 0 fully saturated rings. The molecule has 1 atom stereocenters. The van der Waals surface area contributed by atoms with Gasteiger partial charge in [0.25, 0.3) is 15.9 Å². The molecule has 3 rings (SSSR count). The Morgan fingerprint density at radius 2 is 1.67 bits per heavy atom. The van der Waals surface area contributed by atoms with Crippen LogP contribution in [0.5, 0.6) is 5.75 Å². The summed E-state index contributed by atoms with van der Waals surface area (Å²) in [7, 11) is -2.09. The predicted molar refractivity (Wildman–Crippen MR) is 121 cm³/mol. The zero-order valence-electron chi connectivity index (χ0n) is 17.2. The largest absolute Gasteiger partial charge is 0.481 e. The first-order valence-electron chi connectivity index (χ1n) is 9.36. The number of carbonyl (C=O) groups is 1. The van der Waals surface area contributed by atoms with Crippen LogP contribution in [0.25, 0.3) is 0 Å². The third-order valence-corrected chi connectivity index (χ3v) is 7.88. The zero-order chi connectivity index (χ0) is 21.9. The molecule has 1 heterocycles. The lowest BCUT2D eigenvalue weighted by Crippen LogP contribution is -2.30. The van der Waals surface area contributed by atoms with Gasteiger partial charge in [0.15, 0.2) is 6.10 Å². The van der Waals surface area contributed by atoms with Gasteiger partial charge in [0.05, 0.1) is 5.69 Å². The Morgan fingerprint density at radius 3 is 2.23 bits per heavy atom. The molecule has 1 N–H and O–H groups in total. The molecule has 8 heteroatoms. The number of nitrogens with one attached hydrogen (secondary N) is 1. The molecule has 0 saturated carbocycles. The van der Waals surface area contributed by atoms with E-state index in [1.807, 2.05) is 32.0 Å². The van der Waals surface area contributed by atoms with Crippen LogP contribution in [0.15, 0.2) is 64.2 Å². The smallest absolute Gasteiger partial charge is 0.273 e. The van der Waals surface area contributed by atoms with Crippen molar-refractivity contribution >= 4 is 38.6 Å². The molecular formula is C22H24N2O4S2. The van der Waals surface area contributed by atoms with Gasteiger partial charge in [-0.25, -0.2) is 8.42 Å². The maximum absolute atomic E-state index is 12.6. The third kappa shape index (κ3) is 4.66. The summed E-state index contributed by atoms with van der Waals surface area (Å²) in [6.07, 6.45) is -0.720. The Labute approximate surface area is 181 Å². The number of para-hydroxylation sites is 1. The SMILES string of the molecule is Cc1cccc(C)c1NC(=O)[C@@H](C)Oc1ccc(N(C)S(=O)(=O)c2cccs2)cc1. The minimum absolute atomic E-state index is 0.256. The van der Waals surface area contributed by atoms with Crippen molar-refractivity contribution < 1.29 is 17.9 Å². The molecule has 0 saturated heterocycles. The first-order valence-corrected chi connectivity index (χ1v) is 11.7. The van der Waals surface area contributed by atoms with Gasteiger partial charge in [-0.05, 0) is 67.6 Å². The molecular weight excluding hydrogens is 420 g/mol. The Hall–Kier alpha value is -2.84. The molecule has 2 aromatic carbocycles. The van der Waals surface area contributed by atoms with Crippen LogP contribution in [0.4, 0.5) is 11.4 Å². The molecule has 6 nitrogen and oxygen atoms in total. The van der Waals surface area contributed by atoms with Crippen molar-refractivity contribution in [2.45, 2.75) is 31.1 Å². The Balaban J connectivity index is 1.67. The summed E-state index contributed by atoms with van der Waals surface area (Å²) in [5.74, 6) is 0.221. The second kappa shape index (κ2) is 8.89. The molecule has 30 heavy (non-hydrogen) atoms. The van der Waals surface area contributed by atoms with E-state index in [0.717, 1.165) is 16.8 Å². The van der Waals surface area contributed by atoms with Gasteiger partial charge in [-0.3, -0.25) is 9.10 Å². The first-order chi connectivity index (χ1) is 14.2. The number of hydrogen-bond donors (Lipinski definition) is 1. The van der Waals surface area contributed by atoms with E-state index < -0.39 is 16.1 Å². The van der Waals surface area contributed by atoms with Crippen LogP contribution >= 0.6 is 11.3 Å². The molecule has 1 amide bonds. The summed E-state index contributed by atoms with van der Waals surface area (Å²) in [5, 5.41) is 4.64. The van der Waals surface area contributed by atoms with Gasteiger partial charge in [0.2, 0.25) is 0 Å². The van der Waals surface area contributed by atoms with Crippen LogP contribution in [0.2, 0.25) is 0 Å². The van der Waals surface area contributed by atoms with Crippen molar-refractivity contribution in [2.75, 3.05) is 16.7 Å². The lowest BCUT2D eigenvalue weighted by molar-refractivity contribution is -0.122. The van der Waals surface area contributed by atoms with E-state index >= 15 is 0 Å². The van der Waals surface area contributed by atoms with Gasteiger partial charge in [0, 0.05) is 12.7 Å². The van der Waals surface area contributed by atoms with Crippen molar-refractivity contribution in [2.24, 2.45) is 0 Å². The van der Waals surface area contributed by atoms with Gasteiger partial charge in [-0.1, -0.05) is 24.3 Å². The lowest BCUT2D eigenvalue weighted by atomic mass is 10.1. The van der Waals surface area contributed by atoms with E-state index in [2.05, 4.69) is 5.32 Å². The third-order valence-electron chi connectivity index (χ3n) is 4.72. The van der Waals surface area contributed by atoms with Gasteiger partial charge >= 0.3 is 0 Å². The quantitative estimate of drug-likeness (QED) is 0.578. The number of benzene rings is 2. The van der Waals surface area contributed by atoms with Crippen LogP contribution in [-0.2, 0) is 14.8 Å². The average Bonchev–Trinajstić information content (AvgIpc) is 3.26. The summed E-state index contributed by atoms with van der Waals surface area (Å²) in [5.41, 5.74) is 3.25. The monoisotopic (exact) mass is 444 g/mol. The van der Waals surface area contributed by atoms with Crippen LogP contribution in [-0.4, -0.2) is 27.5 Å². The zero-order valence-corrected chi connectivity index (χ0v) is 18.9. The number of amides is 1. The maximum Gasteiger partial charge on any atom is 0.273 e. The van der Waals surface area contributed by atoms with Crippen LogP contribution in [0, 0.1) is 13.8 Å². The lowest BCUT2D eigenvalue weighted by Gasteiger charge is -2.20. The van der Waals surface area contributed by atoms with Crippen molar-refractivity contribution in [1.29, 1.82) is 0 Å². The molecule has 0 aliphatic carbocycles. The molecule has 0 spiro atoms. The number of hydrogen-bond acceptors (Lipinski definition) is 5. The highest BCUT2D eigenvalue weighted by molar-refractivity contribution is 7.94. The number of aryl methyl sites for hydroxylation is 2. The van der Waals surface area contributed by atoms with Crippen LogP contribution in [0.1, 0.15) is 18.1 Å². The van der Waals surface area contributed by atoms with Crippen LogP contribution in [0.3, 0.4) is 0 Å². The topological polar surface area (TPSA) is 75.7 Å². The number of nitrogens with zero attached hydrogens (tertiary/aromatic N) is 1. The molecule has 0 unspecified atom stereocenters. The Morgan fingerprint density at radius 1 is 1.03 bits per heavy atom. The Bertz CT molecular complexity index is 1100. The second-order valence-electron chi connectivity index (χ2n) is 6.91. The van der Waals surface area contributed by atoms with Crippen molar-refractivity contribution in [3.8, 4) is 5.75 Å². The minimum atomic E-state index is -3.59. The van der Waals surface area contributed by atoms with E-state index in [0.29, 0.717) is 11.4 Å². The molecule has 0 aliphatic rings. The number of ether oxygens (including phenoxy) is 1. The summed E-state index contributed by atoms with van der Waals surface area (Å²) >= 11 is 1.17. The standard InChI is InChI=1S/C22H24N2O4S2/c1-15-7-5-8-16(2)21(15)23-22(25)17(3)28-19-12-10-18(11-13-19)24(4)30(26,27)20-9-6-14-29-20/h5-14,17H,1-4H3,(H,23,25)/t17-/m1/s1. The summed E-state index contributed by atoms with van der Waals surface area (Å²) in [4.78, 5) is 12.5. The number of sulfonamides is 1. The highest BCUT2D eigenvalue weighted by Gasteiger charge is 2.22. The summed E-state index contributed by atoms with van der Waals surface area (Å²) in [6.45, 7) is 5.55. The van der Waals surface area contributed by atoms with E-state index in [1.165, 1.54) is 22.7 Å².